The number of carbonyl (C=O) groups excluding carboxylic acids is 1. The Labute approximate surface area is 189 Å². The molecule has 1 saturated carbocycles. The molecule has 1 atom stereocenters. The van der Waals surface area contributed by atoms with E-state index in [1.807, 2.05) is 48.5 Å². The number of hydrogen-bond acceptors (Lipinski definition) is 4. The number of amides is 1. The van der Waals surface area contributed by atoms with Crippen LogP contribution in [-0.2, 0) is 22.6 Å². The largest absolute Gasteiger partial charge is 0.489 e. The summed E-state index contributed by atoms with van der Waals surface area (Å²) >= 11 is 0. The minimum absolute atomic E-state index is 0.174. The number of rotatable bonds is 8. The van der Waals surface area contributed by atoms with E-state index in [2.05, 4.69) is 5.32 Å². The molecule has 2 aromatic rings. The van der Waals surface area contributed by atoms with Gasteiger partial charge >= 0.3 is 12.1 Å². The van der Waals surface area contributed by atoms with Gasteiger partial charge in [-0.25, -0.2) is 9.59 Å². The van der Waals surface area contributed by atoms with E-state index in [-0.39, 0.29) is 6.42 Å². The molecule has 0 bridgehead atoms. The molecule has 1 unspecified atom stereocenters. The van der Waals surface area contributed by atoms with Gasteiger partial charge in [0.05, 0.1) is 0 Å². The van der Waals surface area contributed by atoms with Crippen LogP contribution >= 0.6 is 0 Å². The van der Waals surface area contributed by atoms with Crippen LogP contribution in [0.3, 0.4) is 0 Å². The third kappa shape index (κ3) is 7.01. The predicted molar refractivity (Wildman–Crippen MR) is 123 cm³/mol. The van der Waals surface area contributed by atoms with E-state index in [1.54, 1.807) is 20.8 Å². The molecule has 0 spiro atoms. The Kier molecular flexibility index (Phi) is 7.78. The molecule has 0 saturated heterocycles. The summed E-state index contributed by atoms with van der Waals surface area (Å²) < 4.78 is 11.4. The SMILES string of the molecule is CC(C)(C)OC(=O)NC(Cc1ccc(OCc2ccccc2)c(C2CCCC2)c1)C(=O)O. The first kappa shape index (κ1) is 23.6. The van der Waals surface area contributed by atoms with E-state index in [0.717, 1.165) is 35.3 Å². The fourth-order valence-electron chi connectivity index (χ4n) is 4.03. The molecule has 1 aliphatic carbocycles. The van der Waals surface area contributed by atoms with E-state index in [4.69, 9.17) is 9.47 Å². The maximum atomic E-state index is 12.1. The number of ether oxygens (including phenoxy) is 2. The summed E-state index contributed by atoms with van der Waals surface area (Å²) in [7, 11) is 0. The van der Waals surface area contributed by atoms with Crippen LogP contribution in [0.2, 0.25) is 0 Å². The van der Waals surface area contributed by atoms with Gasteiger partial charge in [0.25, 0.3) is 0 Å². The van der Waals surface area contributed by atoms with Gasteiger partial charge in [-0.3, -0.25) is 0 Å². The van der Waals surface area contributed by atoms with E-state index in [9.17, 15) is 14.7 Å². The van der Waals surface area contributed by atoms with E-state index >= 15 is 0 Å². The highest BCUT2D eigenvalue weighted by atomic mass is 16.6. The highest BCUT2D eigenvalue weighted by molar-refractivity contribution is 5.80. The first-order valence-electron chi connectivity index (χ1n) is 11.2. The second kappa shape index (κ2) is 10.5. The number of alkyl carbamates (subject to hydrolysis) is 1. The van der Waals surface area contributed by atoms with Crippen LogP contribution in [0.15, 0.2) is 48.5 Å². The van der Waals surface area contributed by atoms with Crippen molar-refractivity contribution in [1.29, 1.82) is 0 Å². The lowest BCUT2D eigenvalue weighted by Gasteiger charge is -2.22. The van der Waals surface area contributed by atoms with Gasteiger partial charge in [-0.05, 0) is 62.3 Å². The molecule has 172 valence electrons. The van der Waals surface area contributed by atoms with Crippen molar-refractivity contribution in [3.8, 4) is 5.75 Å². The van der Waals surface area contributed by atoms with Crippen LogP contribution in [0.5, 0.6) is 5.75 Å². The van der Waals surface area contributed by atoms with Crippen molar-refractivity contribution in [3.05, 3.63) is 65.2 Å². The minimum atomic E-state index is -1.09. The summed E-state index contributed by atoms with van der Waals surface area (Å²) in [6.07, 6.45) is 4.01. The van der Waals surface area contributed by atoms with Crippen LogP contribution in [-0.4, -0.2) is 28.8 Å². The minimum Gasteiger partial charge on any atom is -0.489 e. The standard InChI is InChI=1S/C26H33NO5/c1-26(2,3)32-25(30)27-22(24(28)29)16-19-13-14-23(21(15-19)20-11-7-8-12-20)31-17-18-9-5-4-6-10-18/h4-6,9-10,13-15,20,22H,7-8,11-12,16-17H2,1-3H3,(H,27,30)(H,28,29). The van der Waals surface area contributed by atoms with Crippen LogP contribution in [0, 0.1) is 0 Å². The summed E-state index contributed by atoms with van der Waals surface area (Å²) in [5.41, 5.74) is 2.38. The van der Waals surface area contributed by atoms with Gasteiger partial charge < -0.3 is 19.9 Å². The van der Waals surface area contributed by atoms with E-state index < -0.39 is 23.7 Å². The highest BCUT2D eigenvalue weighted by Crippen LogP contribution is 2.39. The van der Waals surface area contributed by atoms with Gasteiger partial charge in [-0.1, -0.05) is 55.3 Å². The lowest BCUT2D eigenvalue weighted by atomic mass is 9.93. The van der Waals surface area contributed by atoms with Crippen molar-refractivity contribution >= 4 is 12.1 Å². The molecule has 0 aromatic heterocycles. The third-order valence-electron chi connectivity index (χ3n) is 5.54. The van der Waals surface area contributed by atoms with Crippen LogP contribution in [0.4, 0.5) is 4.79 Å². The van der Waals surface area contributed by atoms with Crippen LogP contribution in [0.1, 0.15) is 69.1 Å². The van der Waals surface area contributed by atoms with Gasteiger partial charge in [-0.2, -0.15) is 0 Å². The van der Waals surface area contributed by atoms with Crippen molar-refractivity contribution in [2.75, 3.05) is 0 Å². The molecule has 0 radical (unpaired) electrons. The average Bonchev–Trinajstić information content (AvgIpc) is 3.26. The van der Waals surface area contributed by atoms with Gasteiger partial charge in [0.1, 0.15) is 24.0 Å². The summed E-state index contributed by atoms with van der Waals surface area (Å²) in [6, 6.07) is 14.8. The molecule has 1 fully saturated rings. The Morgan fingerprint density at radius 3 is 2.38 bits per heavy atom. The fourth-order valence-corrected chi connectivity index (χ4v) is 4.03. The lowest BCUT2D eigenvalue weighted by molar-refractivity contribution is -0.139. The van der Waals surface area contributed by atoms with Gasteiger partial charge in [-0.15, -0.1) is 0 Å². The predicted octanol–water partition coefficient (Wildman–Crippen LogP) is 5.44. The van der Waals surface area contributed by atoms with E-state index in [0.29, 0.717) is 12.5 Å². The average molecular weight is 440 g/mol. The molecule has 6 heteroatoms. The van der Waals surface area contributed by atoms with Crippen molar-refractivity contribution < 1.29 is 24.2 Å². The van der Waals surface area contributed by atoms with Gasteiger partial charge in [0.2, 0.25) is 0 Å². The second-order valence-electron chi connectivity index (χ2n) is 9.37. The van der Waals surface area contributed by atoms with Crippen molar-refractivity contribution in [2.45, 2.75) is 77.0 Å². The Bertz CT molecular complexity index is 914. The molecule has 2 N–H and O–H groups in total. The lowest BCUT2D eigenvalue weighted by Crippen LogP contribution is -2.44. The van der Waals surface area contributed by atoms with Gasteiger partial charge in [0.15, 0.2) is 0 Å². The zero-order valence-corrected chi connectivity index (χ0v) is 19.1. The first-order chi connectivity index (χ1) is 15.2. The molecule has 0 aliphatic heterocycles. The zero-order valence-electron chi connectivity index (χ0n) is 19.1. The Morgan fingerprint density at radius 2 is 1.75 bits per heavy atom. The third-order valence-corrected chi connectivity index (χ3v) is 5.54. The van der Waals surface area contributed by atoms with Crippen LogP contribution in [0.25, 0.3) is 0 Å². The maximum Gasteiger partial charge on any atom is 0.408 e. The van der Waals surface area contributed by atoms with E-state index in [1.165, 1.54) is 12.8 Å². The molecule has 6 nitrogen and oxygen atoms in total. The Hall–Kier alpha value is -3.02. The molecule has 3 rings (SSSR count). The number of aliphatic carboxylic acids is 1. The molecule has 32 heavy (non-hydrogen) atoms. The molecule has 2 aromatic carbocycles. The summed E-state index contributed by atoms with van der Waals surface area (Å²) in [5.74, 6) is 0.155. The summed E-state index contributed by atoms with van der Waals surface area (Å²) in [4.78, 5) is 23.9. The smallest absolute Gasteiger partial charge is 0.408 e. The number of benzene rings is 2. The topological polar surface area (TPSA) is 84.9 Å². The molecular weight excluding hydrogens is 406 g/mol. The summed E-state index contributed by atoms with van der Waals surface area (Å²) in [5, 5.41) is 12.1. The summed E-state index contributed by atoms with van der Waals surface area (Å²) in [6.45, 7) is 5.71. The number of nitrogens with one attached hydrogen (secondary N) is 1. The Balaban J connectivity index is 1.76. The van der Waals surface area contributed by atoms with Crippen molar-refractivity contribution in [2.24, 2.45) is 0 Å². The number of carboxylic acid groups (broad SMARTS) is 1. The quantitative estimate of drug-likeness (QED) is 0.572. The maximum absolute atomic E-state index is 12.1. The second-order valence-corrected chi connectivity index (χ2v) is 9.37. The number of carboxylic acids is 1. The highest BCUT2D eigenvalue weighted by Gasteiger charge is 2.26. The fraction of sp³-hybridized carbons (Fsp3) is 0.462. The number of hydrogen-bond donors (Lipinski definition) is 2. The molecule has 1 aliphatic rings. The van der Waals surface area contributed by atoms with Crippen molar-refractivity contribution in [3.63, 3.8) is 0 Å². The Morgan fingerprint density at radius 1 is 1.06 bits per heavy atom. The monoisotopic (exact) mass is 439 g/mol. The normalized spacial score (nSPS) is 15.2. The zero-order chi connectivity index (χ0) is 23.1. The molecule has 1 amide bonds. The molecular formula is C26H33NO5. The molecule has 0 heterocycles. The van der Waals surface area contributed by atoms with Crippen molar-refractivity contribution in [1.82, 2.24) is 5.32 Å². The first-order valence-corrected chi connectivity index (χ1v) is 11.2. The number of carbonyl (C=O) groups is 2. The van der Waals surface area contributed by atoms with Crippen LogP contribution < -0.4 is 10.1 Å². The van der Waals surface area contributed by atoms with Gasteiger partial charge in [0, 0.05) is 6.42 Å².